The predicted octanol–water partition coefficient (Wildman–Crippen LogP) is 12.6. The third-order valence-corrected chi connectivity index (χ3v) is 42.0. The molecule has 10 aliphatic rings. The molecule has 576 valence electrons. The molecule has 4 heterocycles. The highest BCUT2D eigenvalue weighted by Crippen LogP contribution is 2.67. The molecule has 0 aromatic rings. The van der Waals surface area contributed by atoms with E-state index in [0.29, 0.717) is 50.6 Å². The van der Waals surface area contributed by atoms with Gasteiger partial charge in [0.1, 0.15) is 11.6 Å². The fourth-order valence-corrected chi connectivity index (χ4v) is 34.0. The van der Waals surface area contributed by atoms with E-state index in [0.717, 1.165) is 116 Å². The fourth-order valence-electron chi connectivity index (χ4n) is 19.2. The van der Waals surface area contributed by atoms with Gasteiger partial charge in [-0.1, -0.05) is 147 Å². The van der Waals surface area contributed by atoms with E-state index >= 15 is 0 Å². The average Bonchev–Trinajstić information content (AvgIpc) is 1.52. The summed E-state index contributed by atoms with van der Waals surface area (Å²) < 4.78 is 51.1. The van der Waals surface area contributed by atoms with Crippen molar-refractivity contribution in [1.82, 2.24) is 9.80 Å². The Morgan fingerprint density at radius 3 is 1.08 bits per heavy atom. The number of piperidine rings is 2. The minimum absolute atomic E-state index is 0.00584. The summed E-state index contributed by atoms with van der Waals surface area (Å²) in [6.45, 7) is 25.2. The van der Waals surface area contributed by atoms with Crippen LogP contribution in [0.4, 0.5) is 0 Å². The number of carbonyl (C=O) groups excluding carboxylic acids is 10. The van der Waals surface area contributed by atoms with E-state index in [2.05, 4.69) is 50.1 Å². The Kier molecular flexibility index (Phi) is 29.6. The second-order valence-electron chi connectivity index (χ2n) is 35.9. The zero-order chi connectivity index (χ0) is 75.3. The second kappa shape index (κ2) is 35.3. The minimum Gasteiger partial charge on any atom is -0.332 e. The summed E-state index contributed by atoms with van der Waals surface area (Å²) in [7, 11) is 2.76. The molecule has 0 bridgehead atoms. The van der Waals surface area contributed by atoms with Crippen molar-refractivity contribution in [1.29, 1.82) is 0 Å². The summed E-state index contributed by atoms with van der Waals surface area (Å²) in [5.74, 6) is -3.64. The van der Waals surface area contributed by atoms with Crippen molar-refractivity contribution in [2.24, 2.45) is 91.7 Å². The first kappa shape index (κ1) is 85.6. The topological polar surface area (TPSA) is 245 Å². The molecule has 102 heavy (non-hydrogen) atoms. The Labute approximate surface area is 637 Å². The lowest BCUT2D eigenvalue weighted by molar-refractivity contribution is -0.148. The van der Waals surface area contributed by atoms with Gasteiger partial charge in [-0.05, 0) is 145 Å². The Hall–Kier alpha value is -2.04. The molecule has 12 atom stereocenters. The highest BCUT2D eigenvalue weighted by atomic mass is 33.4. The van der Waals surface area contributed by atoms with Crippen LogP contribution >= 0.6 is 0 Å². The number of carbonyl (C=O) groups is 10. The number of rotatable bonds is 32. The normalized spacial score (nSPS) is 28.2. The fraction of sp³-hybridized carbons (Fsp3) is 0.868. The maximum Gasteiger partial charge on any atom is 0.227 e. The SMILES string of the molecule is CCCC[C@H](CC(=O)[C@@H]1[C@@H]2[C@H](CN1C(=O)[C@@H](CC(=O)CC1(C3CCS3(=O)=O)CCCCC1)C(C)(C)C)C2(C)C)C(=O)C(=O)CC1CC1.CCCC[C@H](CC(=O)[C@@H]1[C@@H]2[C@H](CN1C(=O)[C@@H](CC(=O)CC1(C3CCS3(=O)=O)CCCCC1)C(C)(C)C)C2(C)C)C(=O)C(=O)CC1CC1.S=S=S=S=S=S=S=S. The second-order valence-corrected chi connectivity index (χ2v) is 51.1. The molecule has 0 aromatic heterocycles. The van der Waals surface area contributed by atoms with Crippen LogP contribution in [0, 0.1) is 91.7 Å². The zero-order valence-electron chi connectivity index (χ0n) is 62.8. The highest BCUT2D eigenvalue weighted by molar-refractivity contribution is 8.70. The Bertz CT molecular complexity index is 3460. The number of fused-ring (bicyclic) bond motifs is 2. The predicted molar refractivity (Wildman–Crippen MR) is 421 cm³/mol. The average molecular weight is 1600 g/mol. The molecule has 2 amide bonds. The van der Waals surface area contributed by atoms with Crippen LogP contribution in [-0.2, 0) is 143 Å². The van der Waals surface area contributed by atoms with Crippen LogP contribution in [0.25, 0.3) is 0 Å². The molecule has 26 heteroatoms. The standard InChI is InChI=1S/2C38H59NO7S.S8/c2*1-7-8-12-25(34(43)30(42)19-24-13-14-24)20-29(41)33-32-28(37(32,5)6)23-39(33)35(44)27(36(2,3)4)21-26(40)22-38(16-10-9-11-17-38)31-15-18-47(31,45)46;1-3-5-7-8-6-4-2/h2*24-25,27-28,31-33H,7-23H2,1-6H3;/t2*25-,27-,28+,31?,32+,33-;/m11./s1. The van der Waals surface area contributed by atoms with Crippen LogP contribution < -0.4 is 0 Å². The molecule has 16 nitrogen and oxygen atoms in total. The van der Waals surface area contributed by atoms with E-state index in [4.69, 9.17) is 0 Å². The van der Waals surface area contributed by atoms with Gasteiger partial charge >= 0.3 is 0 Å². The molecule has 6 saturated carbocycles. The van der Waals surface area contributed by atoms with Crippen LogP contribution in [0.1, 0.15) is 276 Å². The Morgan fingerprint density at radius 2 is 0.814 bits per heavy atom. The van der Waals surface area contributed by atoms with Gasteiger partial charge in [0.15, 0.2) is 42.8 Å². The van der Waals surface area contributed by atoms with Crippen molar-refractivity contribution in [3.05, 3.63) is 0 Å². The third kappa shape index (κ3) is 20.7. The number of likely N-dealkylation sites (tertiary alicyclic amines) is 2. The zero-order valence-corrected chi connectivity index (χ0v) is 71.0. The number of unbranched alkanes of at least 4 members (excludes halogenated alkanes) is 2. The first-order valence-electron chi connectivity index (χ1n) is 38.3. The van der Waals surface area contributed by atoms with Crippen LogP contribution in [-0.4, -0.2) is 132 Å². The number of nitrogens with zero attached hydrogens (tertiary/aromatic N) is 2. The molecule has 6 aliphatic carbocycles. The van der Waals surface area contributed by atoms with Gasteiger partial charge in [-0.2, -0.15) is 0 Å². The van der Waals surface area contributed by atoms with Gasteiger partial charge in [-0.15, -0.1) is 0 Å². The van der Waals surface area contributed by atoms with Gasteiger partial charge in [0.2, 0.25) is 23.4 Å². The van der Waals surface area contributed by atoms with Gasteiger partial charge in [-0.3, -0.25) is 47.9 Å². The summed E-state index contributed by atoms with van der Waals surface area (Å²) in [4.78, 5) is 141. The number of ketones is 8. The molecule has 10 rings (SSSR count). The van der Waals surface area contributed by atoms with Crippen molar-refractivity contribution >= 4 is 153 Å². The summed E-state index contributed by atoms with van der Waals surface area (Å²) >= 11 is 9.21. The number of Topliss-reactive ketones (excluding diaryl/α,β-unsaturated/α-hetero) is 8. The summed E-state index contributed by atoms with van der Waals surface area (Å²) in [5.41, 5.74) is -2.38. The molecule has 4 aliphatic heterocycles. The van der Waals surface area contributed by atoms with E-state index in [-0.39, 0.29) is 144 Å². The Balaban J connectivity index is 0.000000234. The molecule has 4 saturated heterocycles. The smallest absolute Gasteiger partial charge is 0.227 e. The van der Waals surface area contributed by atoms with Crippen molar-refractivity contribution in [3.8, 4) is 0 Å². The van der Waals surface area contributed by atoms with Gasteiger partial charge in [0, 0.05) is 164 Å². The number of sulfone groups is 2. The number of hydrogen-bond donors (Lipinski definition) is 0. The quantitative estimate of drug-likeness (QED) is 0.0568. The van der Waals surface area contributed by atoms with E-state index in [9.17, 15) is 64.8 Å². The molecular weight excluding hydrogens is 1490 g/mol. The molecule has 2 unspecified atom stereocenters. The van der Waals surface area contributed by atoms with Gasteiger partial charge in [-0.25, -0.2) is 16.8 Å². The largest absolute Gasteiger partial charge is 0.332 e. The lowest BCUT2D eigenvalue weighted by Crippen LogP contribution is -2.52. The third-order valence-electron chi connectivity index (χ3n) is 26.0. The first-order chi connectivity index (χ1) is 47.8. The lowest BCUT2D eigenvalue weighted by Gasteiger charge is -2.47. The van der Waals surface area contributed by atoms with E-state index < -0.39 is 99.2 Å². The molecule has 0 spiro atoms. The molecule has 0 radical (unpaired) electrons. The van der Waals surface area contributed by atoms with Crippen LogP contribution in [0.2, 0.25) is 0 Å². The highest BCUT2D eigenvalue weighted by Gasteiger charge is 2.71. The summed E-state index contributed by atoms with van der Waals surface area (Å²) in [6, 6.07) is -1.33. The lowest BCUT2D eigenvalue weighted by atomic mass is 9.66. The van der Waals surface area contributed by atoms with Crippen molar-refractivity contribution in [3.63, 3.8) is 0 Å². The summed E-state index contributed by atoms with van der Waals surface area (Å²) in [5, 5.41) is -0.921. The molecule has 0 N–H and O–H groups in total. The first-order valence-corrected chi connectivity index (χ1v) is 51.1. The van der Waals surface area contributed by atoms with E-state index in [1.165, 1.54) is 17.8 Å². The molecule has 0 aromatic carbocycles. The van der Waals surface area contributed by atoms with Crippen molar-refractivity contribution in [2.45, 2.75) is 298 Å². The molecule has 10 fully saturated rings. The summed E-state index contributed by atoms with van der Waals surface area (Å²) in [6.07, 6.45) is 19.0. The van der Waals surface area contributed by atoms with E-state index in [1.54, 1.807) is 45.3 Å². The maximum absolute atomic E-state index is 14.5. The Morgan fingerprint density at radius 1 is 0.480 bits per heavy atom. The van der Waals surface area contributed by atoms with Crippen LogP contribution in [0.3, 0.4) is 0 Å². The van der Waals surface area contributed by atoms with Gasteiger partial charge in [0.25, 0.3) is 0 Å². The monoisotopic (exact) mass is 1600 g/mol. The van der Waals surface area contributed by atoms with Crippen molar-refractivity contribution in [2.75, 3.05) is 24.6 Å². The van der Waals surface area contributed by atoms with Crippen LogP contribution in [0.15, 0.2) is 0 Å². The maximum atomic E-state index is 14.5. The van der Waals surface area contributed by atoms with Gasteiger partial charge < -0.3 is 9.80 Å². The van der Waals surface area contributed by atoms with Crippen LogP contribution in [0.5, 0.6) is 0 Å². The number of amides is 2. The van der Waals surface area contributed by atoms with E-state index in [1.807, 2.05) is 55.4 Å². The van der Waals surface area contributed by atoms with Gasteiger partial charge in [0.05, 0.1) is 34.1 Å². The van der Waals surface area contributed by atoms with Crippen molar-refractivity contribution < 1.29 is 64.8 Å². The molecular formula is C76H118N2O14S10. The number of hydrogen-bond acceptors (Lipinski definition) is 16. The minimum atomic E-state index is -3.18.